The van der Waals surface area contributed by atoms with Crippen molar-refractivity contribution in [3.63, 3.8) is 0 Å². The summed E-state index contributed by atoms with van der Waals surface area (Å²) in [6.07, 6.45) is 22.1. The topological polar surface area (TPSA) is 27.6 Å². The highest BCUT2D eigenvalue weighted by atomic mass is 15.1. The Morgan fingerprint density at radius 1 is 1.16 bits per heavy atom. The number of hydrogen-bond acceptors (Lipinski definition) is 3. The van der Waals surface area contributed by atoms with Crippen molar-refractivity contribution in [1.29, 1.82) is 0 Å². The fourth-order valence-electron chi connectivity index (χ4n) is 3.93. The van der Waals surface area contributed by atoms with E-state index in [1.807, 2.05) is 6.08 Å². The Bertz CT molecular complexity index is 916. The quantitative estimate of drug-likeness (QED) is 0.352. The Kier molecular flexibility index (Phi) is 9.30. The summed E-state index contributed by atoms with van der Waals surface area (Å²) in [5, 5.41) is 3.61. The lowest BCUT2D eigenvalue weighted by Crippen LogP contribution is -2.30. The third-order valence-corrected chi connectivity index (χ3v) is 6.07. The number of fused-ring (bicyclic) bond motifs is 2. The van der Waals surface area contributed by atoms with Crippen LogP contribution in [0.1, 0.15) is 52.0 Å². The van der Waals surface area contributed by atoms with Crippen LogP contribution in [0.3, 0.4) is 0 Å². The molecule has 0 saturated carbocycles. The second-order valence-electron chi connectivity index (χ2n) is 8.79. The summed E-state index contributed by atoms with van der Waals surface area (Å²) < 4.78 is 0. The number of rotatable bonds is 12. The minimum atomic E-state index is 0.153. The van der Waals surface area contributed by atoms with E-state index in [0.717, 1.165) is 56.0 Å². The molecule has 3 nitrogen and oxygen atoms in total. The van der Waals surface area contributed by atoms with Crippen molar-refractivity contribution in [2.24, 2.45) is 10.9 Å². The predicted molar refractivity (Wildman–Crippen MR) is 142 cm³/mol. The number of nitrogens with one attached hydrogen (secondary N) is 1. The maximum atomic E-state index is 4.98. The number of nitrogens with zero attached hydrogens (tertiary/aromatic N) is 2. The number of anilines is 1. The molecule has 0 saturated heterocycles. The first-order chi connectivity index (χ1) is 15.6. The molecule has 170 valence electrons. The van der Waals surface area contributed by atoms with Crippen LogP contribution in [-0.4, -0.2) is 36.3 Å². The number of benzene rings is 1. The van der Waals surface area contributed by atoms with Gasteiger partial charge >= 0.3 is 0 Å². The first kappa shape index (κ1) is 24.0. The predicted octanol–water partition coefficient (Wildman–Crippen LogP) is 7.34. The molecular formula is C29H39N3. The summed E-state index contributed by atoms with van der Waals surface area (Å²) in [6.45, 7) is 13.9. The Hall–Kier alpha value is -2.65. The molecule has 1 heterocycles. The van der Waals surface area contributed by atoms with E-state index in [2.05, 4.69) is 98.3 Å². The summed E-state index contributed by atoms with van der Waals surface area (Å²) in [5.74, 6) is 0.594. The minimum Gasteiger partial charge on any atom is -0.372 e. The lowest BCUT2D eigenvalue weighted by atomic mass is 9.97. The van der Waals surface area contributed by atoms with Crippen molar-refractivity contribution in [1.82, 2.24) is 4.90 Å². The normalized spacial score (nSPS) is 18.3. The van der Waals surface area contributed by atoms with Gasteiger partial charge < -0.3 is 10.2 Å². The van der Waals surface area contributed by atoms with Crippen LogP contribution in [0, 0.1) is 5.92 Å². The third kappa shape index (κ3) is 6.93. The molecule has 1 aromatic carbocycles. The molecule has 2 unspecified atom stereocenters. The van der Waals surface area contributed by atoms with Crippen molar-refractivity contribution in [2.45, 2.75) is 52.5 Å². The highest BCUT2D eigenvalue weighted by Crippen LogP contribution is 2.33. The summed E-state index contributed by atoms with van der Waals surface area (Å²) in [5.41, 5.74) is 5.63. The average molecular weight is 430 g/mol. The average Bonchev–Trinajstić information content (AvgIpc) is 2.81. The molecule has 0 amide bonds. The Morgan fingerprint density at radius 2 is 2.00 bits per heavy atom. The third-order valence-electron chi connectivity index (χ3n) is 6.07. The second-order valence-corrected chi connectivity index (χ2v) is 8.79. The summed E-state index contributed by atoms with van der Waals surface area (Å²) in [7, 11) is 0. The van der Waals surface area contributed by atoms with Crippen LogP contribution in [0.4, 0.5) is 11.4 Å². The molecule has 3 heteroatoms. The van der Waals surface area contributed by atoms with Crippen molar-refractivity contribution >= 4 is 23.2 Å². The zero-order valence-electron chi connectivity index (χ0n) is 20.1. The fraction of sp³-hybridized carbons (Fsp3) is 0.414. The maximum Gasteiger partial charge on any atom is 0.0874 e. The van der Waals surface area contributed by atoms with E-state index in [9.17, 15) is 0 Å². The molecule has 2 aliphatic rings. The van der Waals surface area contributed by atoms with Crippen LogP contribution in [0.15, 0.2) is 77.9 Å². The highest BCUT2D eigenvalue weighted by Gasteiger charge is 2.21. The fourth-order valence-corrected chi connectivity index (χ4v) is 3.93. The summed E-state index contributed by atoms with van der Waals surface area (Å²) >= 11 is 0. The Morgan fingerprint density at radius 3 is 2.78 bits per heavy atom. The Balaban J connectivity index is 1.64. The molecule has 3 rings (SSSR count). The summed E-state index contributed by atoms with van der Waals surface area (Å²) in [4.78, 5) is 7.50. The van der Waals surface area contributed by atoms with Gasteiger partial charge in [-0.1, -0.05) is 75.8 Å². The highest BCUT2D eigenvalue weighted by molar-refractivity contribution is 6.08. The lowest BCUT2D eigenvalue weighted by Gasteiger charge is -2.26. The largest absolute Gasteiger partial charge is 0.372 e. The van der Waals surface area contributed by atoms with E-state index in [1.165, 1.54) is 17.6 Å². The molecule has 0 aromatic heterocycles. The zero-order valence-corrected chi connectivity index (χ0v) is 20.1. The van der Waals surface area contributed by atoms with E-state index in [-0.39, 0.29) is 6.04 Å². The minimum absolute atomic E-state index is 0.153. The van der Waals surface area contributed by atoms with Gasteiger partial charge in [0.15, 0.2) is 0 Å². The van der Waals surface area contributed by atoms with Crippen LogP contribution in [0.25, 0.3) is 6.08 Å². The van der Waals surface area contributed by atoms with E-state index in [0.29, 0.717) is 5.92 Å². The number of hydrogen-bond donors (Lipinski definition) is 1. The van der Waals surface area contributed by atoms with E-state index in [1.54, 1.807) is 0 Å². The molecule has 0 bridgehead atoms. The van der Waals surface area contributed by atoms with Gasteiger partial charge in [-0.3, -0.25) is 0 Å². The van der Waals surface area contributed by atoms with Gasteiger partial charge in [-0.25, -0.2) is 4.99 Å². The van der Waals surface area contributed by atoms with Gasteiger partial charge in [0.2, 0.25) is 0 Å². The standard InChI is InChI=1S/C29H39N3/c1-5-8-19-32(18-6-2)20-10-9-11-24-14-16-26-28(21-24)31-29-22-25(13-12-23(4)7-3)15-17-27(29)30-26/h5,9,11-17,21-23,26,30H,1,6-8,10,18-20H2,2-4H3/b11-9-,13-12-. The molecule has 1 N–H and O–H groups in total. The van der Waals surface area contributed by atoms with Crippen molar-refractivity contribution in [2.75, 3.05) is 25.0 Å². The van der Waals surface area contributed by atoms with Crippen molar-refractivity contribution in [3.8, 4) is 0 Å². The van der Waals surface area contributed by atoms with Gasteiger partial charge in [0, 0.05) is 13.1 Å². The van der Waals surface area contributed by atoms with Gasteiger partial charge in [0.1, 0.15) is 0 Å². The number of allylic oxidation sites excluding steroid dienone is 4. The molecule has 0 fully saturated rings. The van der Waals surface area contributed by atoms with Gasteiger partial charge in [0.05, 0.1) is 23.1 Å². The van der Waals surface area contributed by atoms with E-state index in [4.69, 9.17) is 4.99 Å². The van der Waals surface area contributed by atoms with Gasteiger partial charge in [-0.05, 0) is 61.1 Å². The first-order valence-electron chi connectivity index (χ1n) is 12.2. The van der Waals surface area contributed by atoms with E-state index >= 15 is 0 Å². The van der Waals surface area contributed by atoms with Crippen LogP contribution >= 0.6 is 0 Å². The van der Waals surface area contributed by atoms with Crippen molar-refractivity contribution < 1.29 is 0 Å². The maximum absolute atomic E-state index is 4.98. The lowest BCUT2D eigenvalue weighted by molar-refractivity contribution is 0.285. The molecule has 0 radical (unpaired) electrons. The second kappa shape index (κ2) is 12.4. The van der Waals surface area contributed by atoms with Gasteiger partial charge in [-0.15, -0.1) is 6.58 Å². The molecule has 1 aliphatic carbocycles. The zero-order chi connectivity index (χ0) is 22.8. The molecule has 1 aromatic rings. The molecular weight excluding hydrogens is 390 g/mol. The van der Waals surface area contributed by atoms with Crippen LogP contribution in [0.2, 0.25) is 0 Å². The summed E-state index contributed by atoms with van der Waals surface area (Å²) in [6, 6.07) is 6.64. The molecule has 32 heavy (non-hydrogen) atoms. The van der Waals surface area contributed by atoms with E-state index < -0.39 is 0 Å². The first-order valence-corrected chi connectivity index (χ1v) is 12.2. The molecule has 2 atom stereocenters. The van der Waals surface area contributed by atoms with Crippen LogP contribution < -0.4 is 5.32 Å². The SMILES string of the molecule is C=CCCN(CCC)CC/C=C\C1=CC2=Nc3cc(/C=C\C(C)CC)ccc3NC2C=C1. The molecule has 1 aliphatic heterocycles. The van der Waals surface area contributed by atoms with Gasteiger partial charge in [0.25, 0.3) is 0 Å². The van der Waals surface area contributed by atoms with Crippen LogP contribution in [0.5, 0.6) is 0 Å². The monoisotopic (exact) mass is 429 g/mol. The smallest absolute Gasteiger partial charge is 0.0874 e. The Labute approximate surface area is 195 Å². The van der Waals surface area contributed by atoms with Gasteiger partial charge in [-0.2, -0.15) is 0 Å². The van der Waals surface area contributed by atoms with Crippen LogP contribution in [-0.2, 0) is 0 Å². The van der Waals surface area contributed by atoms with Crippen molar-refractivity contribution in [3.05, 3.63) is 78.4 Å². The molecule has 0 spiro atoms. The number of aliphatic imine (C=N–C) groups is 1.